The van der Waals surface area contributed by atoms with Gasteiger partial charge in [-0.3, -0.25) is 13.9 Å². The Balaban J connectivity index is 1.91. The lowest BCUT2D eigenvalue weighted by atomic mass is 9.95. The molecule has 0 bridgehead atoms. The van der Waals surface area contributed by atoms with Gasteiger partial charge >= 0.3 is 0 Å². The molecular weight excluding hydrogens is 514 g/mol. The largest absolute Gasteiger partial charge is 0.497 e. The van der Waals surface area contributed by atoms with Crippen LogP contribution in [0.25, 0.3) is 0 Å². The Bertz CT molecular complexity index is 1170. The Morgan fingerprint density at radius 3 is 2.38 bits per heavy atom. The summed E-state index contributed by atoms with van der Waals surface area (Å²) in [5, 5.41) is 3.69. The van der Waals surface area contributed by atoms with Gasteiger partial charge in [0.15, 0.2) is 0 Å². The van der Waals surface area contributed by atoms with E-state index >= 15 is 0 Å². The first-order valence-corrected chi connectivity index (χ1v) is 14.8. The van der Waals surface area contributed by atoms with Crippen LogP contribution in [0.5, 0.6) is 5.75 Å². The molecule has 1 unspecified atom stereocenters. The summed E-state index contributed by atoms with van der Waals surface area (Å²) in [5.41, 5.74) is 1.09. The van der Waals surface area contributed by atoms with Gasteiger partial charge in [-0.15, -0.1) is 0 Å². The second kappa shape index (κ2) is 13.1. The molecule has 1 atom stereocenters. The molecule has 2 aromatic rings. The van der Waals surface area contributed by atoms with Crippen LogP contribution in [0.4, 0.5) is 5.69 Å². The first kappa shape index (κ1) is 28.8. The third-order valence-electron chi connectivity index (χ3n) is 6.62. The zero-order chi connectivity index (χ0) is 27.0. The number of nitrogens with zero attached hydrogens (tertiary/aromatic N) is 2. The highest BCUT2D eigenvalue weighted by Crippen LogP contribution is 2.24. The number of nitrogens with one attached hydrogen (secondary N) is 1. The molecule has 202 valence electrons. The number of ether oxygens (including phenoxy) is 1. The molecule has 0 spiro atoms. The molecule has 1 aliphatic carbocycles. The minimum absolute atomic E-state index is 0.0899. The van der Waals surface area contributed by atoms with Gasteiger partial charge in [0.05, 0.1) is 19.1 Å². The first-order valence-electron chi connectivity index (χ1n) is 12.6. The molecule has 0 heterocycles. The Hall–Kier alpha value is -2.78. The average Bonchev–Trinajstić information content (AvgIpc) is 2.88. The molecule has 1 saturated carbocycles. The summed E-state index contributed by atoms with van der Waals surface area (Å²) in [6.45, 7) is 1.54. The maximum atomic E-state index is 13.8. The molecule has 0 aliphatic heterocycles. The molecular formula is C27H36ClN3O5S. The molecule has 0 aromatic heterocycles. The van der Waals surface area contributed by atoms with E-state index in [4.69, 9.17) is 16.3 Å². The predicted molar refractivity (Wildman–Crippen MR) is 146 cm³/mol. The van der Waals surface area contributed by atoms with Gasteiger partial charge in [-0.25, -0.2) is 8.42 Å². The van der Waals surface area contributed by atoms with Crippen molar-refractivity contribution in [3.8, 4) is 5.75 Å². The summed E-state index contributed by atoms with van der Waals surface area (Å²) >= 11 is 6.04. The molecule has 0 radical (unpaired) electrons. The molecule has 1 fully saturated rings. The second-order valence-corrected chi connectivity index (χ2v) is 11.7. The lowest BCUT2D eigenvalue weighted by Crippen LogP contribution is -2.53. The number of benzene rings is 2. The topological polar surface area (TPSA) is 96.0 Å². The van der Waals surface area contributed by atoms with E-state index in [2.05, 4.69) is 5.32 Å². The fraction of sp³-hybridized carbons (Fsp3) is 0.481. The summed E-state index contributed by atoms with van der Waals surface area (Å²) < 4.78 is 31.8. The van der Waals surface area contributed by atoms with E-state index in [1.54, 1.807) is 48.5 Å². The van der Waals surface area contributed by atoms with E-state index in [0.717, 1.165) is 48.2 Å². The van der Waals surface area contributed by atoms with Gasteiger partial charge in [0.25, 0.3) is 0 Å². The van der Waals surface area contributed by atoms with Crippen molar-refractivity contribution in [2.24, 2.45) is 0 Å². The molecule has 3 rings (SSSR count). The number of carbonyl (C=O) groups excluding carboxylic acids is 2. The van der Waals surface area contributed by atoms with Crippen molar-refractivity contribution in [3.05, 3.63) is 59.1 Å². The van der Waals surface area contributed by atoms with Gasteiger partial charge in [0.1, 0.15) is 18.3 Å². The summed E-state index contributed by atoms with van der Waals surface area (Å²) in [7, 11) is -2.33. The van der Waals surface area contributed by atoms with E-state index < -0.39 is 28.5 Å². The van der Waals surface area contributed by atoms with E-state index in [1.807, 2.05) is 6.92 Å². The number of amides is 2. The average molecular weight is 550 g/mol. The molecule has 2 amide bonds. The van der Waals surface area contributed by atoms with Gasteiger partial charge in [-0.2, -0.15) is 0 Å². The Morgan fingerprint density at radius 2 is 1.78 bits per heavy atom. The quantitative estimate of drug-likeness (QED) is 0.449. The highest BCUT2D eigenvalue weighted by atomic mass is 35.5. The van der Waals surface area contributed by atoms with Gasteiger partial charge < -0.3 is 15.0 Å². The highest BCUT2D eigenvalue weighted by Gasteiger charge is 2.32. The lowest BCUT2D eigenvalue weighted by molar-refractivity contribution is -0.140. The Kier molecular flexibility index (Phi) is 10.2. The number of anilines is 1. The van der Waals surface area contributed by atoms with Gasteiger partial charge in [0.2, 0.25) is 21.8 Å². The molecule has 1 aliphatic rings. The van der Waals surface area contributed by atoms with Crippen LogP contribution in [0.3, 0.4) is 0 Å². The van der Waals surface area contributed by atoms with Crippen molar-refractivity contribution in [1.29, 1.82) is 0 Å². The fourth-order valence-corrected chi connectivity index (χ4v) is 5.60. The van der Waals surface area contributed by atoms with E-state index in [1.165, 1.54) is 12.0 Å². The van der Waals surface area contributed by atoms with Gasteiger partial charge in [-0.05, 0) is 49.1 Å². The third-order valence-corrected chi connectivity index (χ3v) is 8.02. The van der Waals surface area contributed by atoms with Crippen LogP contribution in [-0.2, 0) is 26.2 Å². The van der Waals surface area contributed by atoms with Crippen molar-refractivity contribution in [2.45, 2.75) is 64.1 Å². The van der Waals surface area contributed by atoms with E-state index in [0.29, 0.717) is 22.9 Å². The SMILES string of the molecule is CCC(C(=O)NC1CCCCC1)N(Cc1ccc(Cl)cc1)C(=O)CN(c1cccc(OC)c1)S(C)(=O)=O. The zero-order valence-electron chi connectivity index (χ0n) is 21.7. The number of methoxy groups -OCH3 is 1. The predicted octanol–water partition coefficient (Wildman–Crippen LogP) is 4.37. The highest BCUT2D eigenvalue weighted by molar-refractivity contribution is 7.92. The Morgan fingerprint density at radius 1 is 1.11 bits per heavy atom. The fourth-order valence-electron chi connectivity index (χ4n) is 4.63. The van der Waals surface area contributed by atoms with Gasteiger partial charge in [0, 0.05) is 23.7 Å². The number of rotatable bonds is 11. The van der Waals surface area contributed by atoms with Crippen LogP contribution in [0.15, 0.2) is 48.5 Å². The summed E-state index contributed by atoms with van der Waals surface area (Å²) in [5.74, 6) is -0.229. The molecule has 8 nitrogen and oxygen atoms in total. The number of hydrogen-bond acceptors (Lipinski definition) is 5. The monoisotopic (exact) mass is 549 g/mol. The van der Waals surface area contributed by atoms with Crippen LogP contribution in [0, 0.1) is 0 Å². The van der Waals surface area contributed by atoms with Crippen LogP contribution >= 0.6 is 11.6 Å². The molecule has 1 N–H and O–H groups in total. The number of hydrogen-bond donors (Lipinski definition) is 1. The number of sulfonamides is 1. The Labute approximate surface area is 225 Å². The zero-order valence-corrected chi connectivity index (χ0v) is 23.2. The lowest BCUT2D eigenvalue weighted by Gasteiger charge is -2.34. The van der Waals surface area contributed by atoms with Crippen LogP contribution in [-0.4, -0.2) is 57.1 Å². The molecule has 10 heteroatoms. The van der Waals surface area contributed by atoms with E-state index in [9.17, 15) is 18.0 Å². The molecule has 2 aromatic carbocycles. The summed E-state index contributed by atoms with van der Waals surface area (Å²) in [4.78, 5) is 28.6. The number of halogens is 1. The summed E-state index contributed by atoms with van der Waals surface area (Å²) in [6.07, 6.45) is 6.58. The van der Waals surface area contributed by atoms with Crippen LogP contribution in [0.2, 0.25) is 5.02 Å². The van der Waals surface area contributed by atoms with Crippen LogP contribution in [0.1, 0.15) is 51.0 Å². The van der Waals surface area contributed by atoms with E-state index in [-0.39, 0.29) is 18.5 Å². The molecule has 37 heavy (non-hydrogen) atoms. The van der Waals surface area contributed by atoms with Crippen molar-refractivity contribution >= 4 is 39.1 Å². The van der Waals surface area contributed by atoms with Crippen molar-refractivity contribution in [3.63, 3.8) is 0 Å². The second-order valence-electron chi connectivity index (χ2n) is 9.39. The maximum Gasteiger partial charge on any atom is 0.244 e. The molecule has 0 saturated heterocycles. The van der Waals surface area contributed by atoms with Gasteiger partial charge in [-0.1, -0.05) is 56.0 Å². The van der Waals surface area contributed by atoms with Crippen molar-refractivity contribution in [2.75, 3.05) is 24.2 Å². The van der Waals surface area contributed by atoms with Crippen LogP contribution < -0.4 is 14.4 Å². The smallest absolute Gasteiger partial charge is 0.244 e. The van der Waals surface area contributed by atoms with Crippen molar-refractivity contribution in [1.82, 2.24) is 10.2 Å². The first-order chi connectivity index (χ1) is 17.6. The minimum Gasteiger partial charge on any atom is -0.497 e. The summed E-state index contributed by atoms with van der Waals surface area (Å²) in [6, 6.07) is 12.9. The standard InChI is InChI=1S/C27H36ClN3O5S/c1-4-25(27(33)29-22-9-6-5-7-10-22)30(18-20-13-15-21(28)16-14-20)26(32)19-31(37(3,34)35)23-11-8-12-24(17-23)36-2/h8,11-17,22,25H,4-7,9-10,18-19H2,1-3H3,(H,29,33). The maximum absolute atomic E-state index is 13.8. The normalized spacial score (nSPS) is 15.0. The minimum atomic E-state index is -3.81. The van der Waals surface area contributed by atoms with Crippen molar-refractivity contribution < 1.29 is 22.7 Å². The third kappa shape index (κ3) is 8.10. The number of carbonyl (C=O) groups is 2.